The first-order valence-electron chi connectivity index (χ1n) is 11.2. The topological polar surface area (TPSA) is 61.5 Å². The highest BCUT2D eigenvalue weighted by atomic mass is 16.5. The number of hydrogen-bond donors (Lipinski definition) is 1. The van der Waals surface area contributed by atoms with Gasteiger partial charge in [0.2, 0.25) is 0 Å². The van der Waals surface area contributed by atoms with Crippen molar-refractivity contribution in [1.82, 2.24) is 20.0 Å². The minimum Gasteiger partial charge on any atom is -0.487 e. The molecule has 1 amide bonds. The molecule has 1 N–H and O–H groups in total. The van der Waals surface area contributed by atoms with Crippen molar-refractivity contribution in [2.75, 3.05) is 26.2 Å². The molecular formula is C24H32N4O2. The number of piperidine rings is 2. The second-order valence-electron chi connectivity index (χ2n) is 10.00. The van der Waals surface area contributed by atoms with E-state index in [2.05, 4.69) is 47.1 Å². The molecule has 30 heavy (non-hydrogen) atoms. The van der Waals surface area contributed by atoms with Crippen molar-refractivity contribution in [3.05, 3.63) is 47.3 Å². The van der Waals surface area contributed by atoms with Gasteiger partial charge in [-0.25, -0.2) is 0 Å². The number of amides is 1. The van der Waals surface area contributed by atoms with Crippen LogP contribution in [0.25, 0.3) is 0 Å². The van der Waals surface area contributed by atoms with E-state index in [1.165, 1.54) is 24.0 Å². The van der Waals surface area contributed by atoms with Crippen LogP contribution < -0.4 is 4.74 Å². The lowest BCUT2D eigenvalue weighted by Crippen LogP contribution is -2.48. The lowest BCUT2D eigenvalue weighted by Gasteiger charge is -2.47. The van der Waals surface area contributed by atoms with E-state index in [1.807, 2.05) is 4.90 Å². The summed E-state index contributed by atoms with van der Waals surface area (Å²) in [7, 11) is 0. The van der Waals surface area contributed by atoms with Crippen molar-refractivity contribution in [1.29, 1.82) is 0 Å². The number of fused-ring (bicyclic) bond motifs is 1. The molecule has 2 saturated heterocycles. The molecule has 3 aliphatic rings. The summed E-state index contributed by atoms with van der Waals surface area (Å²) in [6, 6.07) is 6.61. The summed E-state index contributed by atoms with van der Waals surface area (Å²) >= 11 is 0. The minimum atomic E-state index is -0.0910. The van der Waals surface area contributed by atoms with E-state index in [0.29, 0.717) is 11.0 Å². The number of hydrogen-bond acceptors (Lipinski definition) is 4. The third-order valence-electron chi connectivity index (χ3n) is 7.34. The summed E-state index contributed by atoms with van der Waals surface area (Å²) in [5.74, 6) is 1.23. The van der Waals surface area contributed by atoms with Gasteiger partial charge < -0.3 is 9.64 Å². The molecule has 0 unspecified atom stereocenters. The fraction of sp³-hybridized carbons (Fsp3) is 0.583. The normalized spacial score (nSPS) is 22.7. The van der Waals surface area contributed by atoms with E-state index in [1.54, 1.807) is 12.4 Å². The molecule has 5 rings (SSSR count). The summed E-state index contributed by atoms with van der Waals surface area (Å²) in [5.41, 5.74) is 3.66. The SMILES string of the molecule is CC1(C)Cc2cccc(CN3CCC4(CC3)CCN(C(=O)c3cn[nH]c3)CC4)c2O1. The third kappa shape index (κ3) is 3.73. The fourth-order valence-electron chi connectivity index (χ4n) is 5.46. The van der Waals surface area contributed by atoms with E-state index >= 15 is 0 Å². The van der Waals surface area contributed by atoms with Gasteiger partial charge in [-0.05, 0) is 63.6 Å². The number of ether oxygens (including phenoxy) is 1. The molecule has 160 valence electrons. The minimum absolute atomic E-state index is 0.0910. The molecule has 0 aliphatic carbocycles. The number of nitrogens with one attached hydrogen (secondary N) is 1. The zero-order chi connectivity index (χ0) is 20.8. The maximum Gasteiger partial charge on any atom is 0.257 e. The molecule has 0 bridgehead atoms. The van der Waals surface area contributed by atoms with Gasteiger partial charge in [0.1, 0.15) is 11.4 Å². The first-order valence-corrected chi connectivity index (χ1v) is 11.2. The van der Waals surface area contributed by atoms with E-state index in [9.17, 15) is 4.79 Å². The number of carbonyl (C=O) groups excluding carboxylic acids is 1. The number of carbonyl (C=O) groups is 1. The first kappa shape index (κ1) is 19.6. The van der Waals surface area contributed by atoms with Crippen LogP contribution in [0, 0.1) is 5.41 Å². The van der Waals surface area contributed by atoms with Crippen LogP contribution in [-0.4, -0.2) is 57.7 Å². The predicted octanol–water partition coefficient (Wildman–Crippen LogP) is 3.64. The fourth-order valence-corrected chi connectivity index (χ4v) is 5.46. The van der Waals surface area contributed by atoms with Gasteiger partial charge in [0.15, 0.2) is 0 Å². The van der Waals surface area contributed by atoms with Gasteiger partial charge in [0, 0.05) is 37.8 Å². The number of para-hydroxylation sites is 1. The Balaban J connectivity index is 1.16. The van der Waals surface area contributed by atoms with Crippen molar-refractivity contribution in [2.45, 2.75) is 58.1 Å². The number of nitrogens with zero attached hydrogens (tertiary/aromatic N) is 3. The Morgan fingerprint density at radius 3 is 2.57 bits per heavy atom. The zero-order valence-corrected chi connectivity index (χ0v) is 18.1. The van der Waals surface area contributed by atoms with Crippen molar-refractivity contribution >= 4 is 5.91 Å². The Hall–Kier alpha value is -2.34. The highest BCUT2D eigenvalue weighted by Crippen LogP contribution is 2.43. The molecule has 2 fully saturated rings. The van der Waals surface area contributed by atoms with Crippen LogP contribution in [0.3, 0.4) is 0 Å². The Labute approximate surface area is 178 Å². The molecule has 6 heteroatoms. The van der Waals surface area contributed by atoms with Crippen LogP contribution >= 0.6 is 0 Å². The average molecular weight is 409 g/mol. The lowest BCUT2D eigenvalue weighted by molar-refractivity contribution is 0.0282. The largest absolute Gasteiger partial charge is 0.487 e. The lowest BCUT2D eigenvalue weighted by atomic mass is 9.71. The highest BCUT2D eigenvalue weighted by molar-refractivity contribution is 5.93. The first-order chi connectivity index (χ1) is 14.4. The maximum absolute atomic E-state index is 12.6. The Bertz CT molecular complexity index is 903. The highest BCUT2D eigenvalue weighted by Gasteiger charge is 2.39. The maximum atomic E-state index is 12.6. The second-order valence-corrected chi connectivity index (χ2v) is 10.00. The molecule has 1 aromatic carbocycles. The summed E-state index contributed by atoms with van der Waals surface area (Å²) < 4.78 is 6.27. The molecule has 1 aromatic heterocycles. The van der Waals surface area contributed by atoms with Crippen molar-refractivity contribution < 1.29 is 9.53 Å². The number of likely N-dealkylation sites (tertiary alicyclic amines) is 2. The molecule has 0 saturated carbocycles. The number of aromatic amines is 1. The van der Waals surface area contributed by atoms with Crippen LogP contribution in [0.4, 0.5) is 0 Å². The zero-order valence-electron chi connectivity index (χ0n) is 18.1. The monoisotopic (exact) mass is 408 g/mol. The number of benzene rings is 1. The van der Waals surface area contributed by atoms with E-state index in [-0.39, 0.29) is 11.5 Å². The van der Waals surface area contributed by atoms with E-state index < -0.39 is 0 Å². The molecular weight excluding hydrogens is 376 g/mol. The molecule has 2 aromatic rings. The van der Waals surface area contributed by atoms with Crippen molar-refractivity contribution in [3.63, 3.8) is 0 Å². The van der Waals surface area contributed by atoms with Gasteiger partial charge in [-0.3, -0.25) is 14.8 Å². The van der Waals surface area contributed by atoms with Crippen LogP contribution in [-0.2, 0) is 13.0 Å². The summed E-state index contributed by atoms with van der Waals surface area (Å²) in [6.45, 7) is 9.29. The summed E-state index contributed by atoms with van der Waals surface area (Å²) in [5, 5.41) is 6.65. The van der Waals surface area contributed by atoms with Gasteiger partial charge in [0.05, 0.1) is 11.8 Å². The van der Waals surface area contributed by atoms with Crippen LogP contribution in [0.5, 0.6) is 5.75 Å². The summed E-state index contributed by atoms with van der Waals surface area (Å²) in [4.78, 5) is 17.1. The van der Waals surface area contributed by atoms with Gasteiger partial charge in [0.25, 0.3) is 5.91 Å². The standard InChI is InChI=1S/C24H32N4O2/c1-23(2)14-18-4-3-5-19(21(18)30-23)17-27-10-6-24(7-11-27)8-12-28(13-9-24)22(29)20-15-25-26-16-20/h3-5,15-16H,6-14,17H2,1-2H3,(H,25,26). The molecule has 1 spiro atoms. The van der Waals surface area contributed by atoms with Gasteiger partial charge >= 0.3 is 0 Å². The third-order valence-corrected chi connectivity index (χ3v) is 7.34. The van der Waals surface area contributed by atoms with Gasteiger partial charge in [-0.2, -0.15) is 5.10 Å². The predicted molar refractivity (Wildman–Crippen MR) is 116 cm³/mol. The van der Waals surface area contributed by atoms with Crippen LogP contribution in [0.15, 0.2) is 30.6 Å². The number of rotatable bonds is 3. The molecule has 6 nitrogen and oxygen atoms in total. The average Bonchev–Trinajstić information content (AvgIpc) is 3.37. The van der Waals surface area contributed by atoms with E-state index in [4.69, 9.17) is 4.74 Å². The van der Waals surface area contributed by atoms with Crippen LogP contribution in [0.1, 0.15) is 61.0 Å². The molecule has 0 atom stereocenters. The Kier molecular flexibility index (Phi) is 4.85. The van der Waals surface area contributed by atoms with Crippen LogP contribution in [0.2, 0.25) is 0 Å². The van der Waals surface area contributed by atoms with E-state index in [0.717, 1.165) is 57.7 Å². The van der Waals surface area contributed by atoms with Gasteiger partial charge in [-0.1, -0.05) is 18.2 Å². The summed E-state index contributed by atoms with van der Waals surface area (Å²) in [6.07, 6.45) is 8.98. The second kappa shape index (κ2) is 7.41. The smallest absolute Gasteiger partial charge is 0.257 e. The number of aromatic nitrogens is 2. The molecule has 3 aliphatic heterocycles. The number of H-pyrrole nitrogens is 1. The van der Waals surface area contributed by atoms with Gasteiger partial charge in [-0.15, -0.1) is 0 Å². The Morgan fingerprint density at radius 1 is 1.13 bits per heavy atom. The molecule has 4 heterocycles. The molecule has 0 radical (unpaired) electrons. The van der Waals surface area contributed by atoms with Crippen molar-refractivity contribution in [2.24, 2.45) is 5.41 Å². The quantitative estimate of drug-likeness (QED) is 0.842. The van der Waals surface area contributed by atoms with Crippen molar-refractivity contribution in [3.8, 4) is 5.75 Å². The Morgan fingerprint density at radius 2 is 1.87 bits per heavy atom.